The van der Waals surface area contributed by atoms with Gasteiger partial charge in [-0.2, -0.15) is 0 Å². The van der Waals surface area contributed by atoms with E-state index in [9.17, 15) is 4.79 Å². The van der Waals surface area contributed by atoms with Crippen molar-refractivity contribution in [3.05, 3.63) is 0 Å². The van der Waals surface area contributed by atoms with E-state index in [2.05, 4.69) is 4.74 Å². The summed E-state index contributed by atoms with van der Waals surface area (Å²) in [4.78, 5) is 9.69. The zero-order chi connectivity index (χ0) is 6.53. The highest BCUT2D eigenvalue weighted by molar-refractivity contribution is 5.36. The van der Waals surface area contributed by atoms with E-state index in [0.717, 1.165) is 6.42 Å². The Hall–Kier alpha value is -0.610. The van der Waals surface area contributed by atoms with Crippen LogP contribution in [0.15, 0.2) is 0 Å². The van der Waals surface area contributed by atoms with Crippen molar-refractivity contribution >= 4 is 6.47 Å². The SMILES string of the molecule is O=COC1OCCCO1. The lowest BCUT2D eigenvalue weighted by Gasteiger charge is -2.20. The highest BCUT2D eigenvalue weighted by atomic mass is 16.9. The Kier molecular flexibility index (Phi) is 2.48. The highest BCUT2D eigenvalue weighted by Crippen LogP contribution is 2.03. The van der Waals surface area contributed by atoms with E-state index in [0.29, 0.717) is 19.7 Å². The topological polar surface area (TPSA) is 44.8 Å². The van der Waals surface area contributed by atoms with Gasteiger partial charge in [0.1, 0.15) is 0 Å². The Balaban J connectivity index is 2.15. The van der Waals surface area contributed by atoms with E-state index in [1.807, 2.05) is 0 Å². The zero-order valence-electron chi connectivity index (χ0n) is 4.91. The summed E-state index contributed by atoms with van der Waals surface area (Å²) in [6.45, 7) is 0.740. The molecule has 4 nitrogen and oxygen atoms in total. The van der Waals surface area contributed by atoms with E-state index < -0.39 is 6.48 Å². The molecule has 0 radical (unpaired) electrons. The Morgan fingerprint density at radius 3 is 2.67 bits per heavy atom. The number of ether oxygens (including phenoxy) is 3. The molecule has 0 unspecified atom stereocenters. The van der Waals surface area contributed by atoms with Crippen LogP contribution in [0.25, 0.3) is 0 Å². The Morgan fingerprint density at radius 2 is 2.11 bits per heavy atom. The van der Waals surface area contributed by atoms with Crippen LogP contribution in [-0.2, 0) is 19.0 Å². The van der Waals surface area contributed by atoms with Crippen LogP contribution in [0.2, 0.25) is 0 Å². The maximum Gasteiger partial charge on any atom is 0.318 e. The van der Waals surface area contributed by atoms with Crippen molar-refractivity contribution in [1.82, 2.24) is 0 Å². The lowest BCUT2D eigenvalue weighted by Crippen LogP contribution is -2.26. The van der Waals surface area contributed by atoms with E-state index in [1.165, 1.54) is 0 Å². The third kappa shape index (κ3) is 1.99. The van der Waals surface area contributed by atoms with E-state index in [4.69, 9.17) is 9.47 Å². The van der Waals surface area contributed by atoms with Crippen molar-refractivity contribution in [2.24, 2.45) is 0 Å². The Labute approximate surface area is 52.7 Å². The molecule has 1 aliphatic rings. The average Bonchev–Trinajstić information content (AvgIpc) is 1.91. The molecule has 52 valence electrons. The molecule has 0 saturated carbocycles. The maximum atomic E-state index is 9.69. The van der Waals surface area contributed by atoms with Crippen molar-refractivity contribution in [3.8, 4) is 0 Å². The maximum absolute atomic E-state index is 9.69. The largest absolute Gasteiger partial charge is 0.413 e. The van der Waals surface area contributed by atoms with Crippen LogP contribution in [0.5, 0.6) is 0 Å². The number of hydrogen-bond acceptors (Lipinski definition) is 4. The number of hydrogen-bond donors (Lipinski definition) is 0. The minimum atomic E-state index is -0.767. The molecule has 0 aromatic rings. The van der Waals surface area contributed by atoms with Crippen molar-refractivity contribution < 1.29 is 19.0 Å². The summed E-state index contributed by atoms with van der Waals surface area (Å²) < 4.78 is 14.0. The molecule has 1 rings (SSSR count). The van der Waals surface area contributed by atoms with Gasteiger partial charge in [-0.15, -0.1) is 0 Å². The summed E-state index contributed by atoms with van der Waals surface area (Å²) in [6, 6.07) is 0. The predicted molar refractivity (Wildman–Crippen MR) is 27.5 cm³/mol. The quantitative estimate of drug-likeness (QED) is 0.491. The lowest BCUT2D eigenvalue weighted by molar-refractivity contribution is -0.290. The molecule has 0 aliphatic carbocycles. The van der Waals surface area contributed by atoms with Gasteiger partial charge in [0.05, 0.1) is 13.2 Å². The normalized spacial score (nSPS) is 21.3. The molecule has 1 fully saturated rings. The first-order valence-electron chi connectivity index (χ1n) is 2.76. The monoisotopic (exact) mass is 132 g/mol. The molecule has 0 N–H and O–H groups in total. The molecule has 0 aromatic carbocycles. The Bertz CT molecular complexity index is 87.0. The van der Waals surface area contributed by atoms with Crippen LogP contribution in [0, 0.1) is 0 Å². The molecular weight excluding hydrogens is 124 g/mol. The summed E-state index contributed by atoms with van der Waals surface area (Å²) >= 11 is 0. The van der Waals surface area contributed by atoms with Gasteiger partial charge < -0.3 is 14.2 Å². The van der Waals surface area contributed by atoms with Crippen LogP contribution in [0.1, 0.15) is 6.42 Å². The molecule has 0 bridgehead atoms. The van der Waals surface area contributed by atoms with Crippen LogP contribution in [-0.4, -0.2) is 26.2 Å². The molecular formula is C5H8O4. The molecule has 4 heteroatoms. The molecule has 1 aliphatic heterocycles. The van der Waals surface area contributed by atoms with Gasteiger partial charge in [0.2, 0.25) is 0 Å². The number of carbonyl (C=O) groups is 1. The fourth-order valence-electron chi connectivity index (χ4n) is 0.590. The van der Waals surface area contributed by atoms with Gasteiger partial charge in [-0.05, 0) is 6.42 Å². The minimum absolute atomic E-state index is 0.315. The van der Waals surface area contributed by atoms with Crippen LogP contribution >= 0.6 is 0 Å². The fourth-order valence-corrected chi connectivity index (χ4v) is 0.590. The average molecular weight is 132 g/mol. The first-order chi connectivity index (χ1) is 4.43. The van der Waals surface area contributed by atoms with Gasteiger partial charge in [0, 0.05) is 0 Å². The number of carbonyl (C=O) groups excluding carboxylic acids is 1. The molecule has 1 heterocycles. The lowest BCUT2D eigenvalue weighted by atomic mass is 10.5. The fraction of sp³-hybridized carbons (Fsp3) is 0.800. The predicted octanol–water partition coefficient (Wildman–Crippen LogP) is -0.120. The molecule has 9 heavy (non-hydrogen) atoms. The van der Waals surface area contributed by atoms with E-state index in [-0.39, 0.29) is 0 Å². The molecule has 1 saturated heterocycles. The van der Waals surface area contributed by atoms with Crippen molar-refractivity contribution in [2.75, 3.05) is 13.2 Å². The van der Waals surface area contributed by atoms with Gasteiger partial charge in [-0.25, -0.2) is 0 Å². The van der Waals surface area contributed by atoms with Crippen LogP contribution in [0.4, 0.5) is 0 Å². The van der Waals surface area contributed by atoms with E-state index >= 15 is 0 Å². The standard InChI is InChI=1S/C5H8O4/c6-4-9-5-7-2-1-3-8-5/h4-5H,1-3H2. The third-order valence-corrected chi connectivity index (χ3v) is 0.963. The smallest absolute Gasteiger partial charge is 0.318 e. The Morgan fingerprint density at radius 1 is 1.44 bits per heavy atom. The van der Waals surface area contributed by atoms with Gasteiger partial charge in [-0.3, -0.25) is 4.79 Å². The van der Waals surface area contributed by atoms with Gasteiger partial charge in [0.25, 0.3) is 6.47 Å². The van der Waals surface area contributed by atoms with Gasteiger partial charge >= 0.3 is 6.48 Å². The third-order valence-electron chi connectivity index (χ3n) is 0.963. The van der Waals surface area contributed by atoms with E-state index in [1.54, 1.807) is 0 Å². The van der Waals surface area contributed by atoms with Gasteiger partial charge in [-0.1, -0.05) is 0 Å². The van der Waals surface area contributed by atoms with Crippen molar-refractivity contribution in [1.29, 1.82) is 0 Å². The first kappa shape index (κ1) is 6.51. The molecule has 0 aromatic heterocycles. The highest BCUT2D eigenvalue weighted by Gasteiger charge is 2.13. The summed E-state index contributed by atoms with van der Waals surface area (Å²) in [5, 5.41) is 0. The van der Waals surface area contributed by atoms with Crippen molar-refractivity contribution in [3.63, 3.8) is 0 Å². The van der Waals surface area contributed by atoms with Crippen LogP contribution in [0.3, 0.4) is 0 Å². The molecule has 0 amide bonds. The number of rotatable bonds is 2. The van der Waals surface area contributed by atoms with Crippen LogP contribution < -0.4 is 0 Å². The minimum Gasteiger partial charge on any atom is -0.413 e. The summed E-state index contributed by atoms with van der Waals surface area (Å²) in [7, 11) is 0. The summed E-state index contributed by atoms with van der Waals surface area (Å²) in [6.07, 6.45) is 0.860. The van der Waals surface area contributed by atoms with Crippen molar-refractivity contribution in [2.45, 2.75) is 12.9 Å². The zero-order valence-corrected chi connectivity index (χ0v) is 4.91. The molecule has 0 spiro atoms. The second-order valence-corrected chi connectivity index (χ2v) is 1.62. The molecule has 0 atom stereocenters. The first-order valence-corrected chi connectivity index (χ1v) is 2.76. The second-order valence-electron chi connectivity index (χ2n) is 1.62. The summed E-state index contributed by atoms with van der Waals surface area (Å²) in [5.74, 6) is 0. The van der Waals surface area contributed by atoms with Gasteiger partial charge in [0.15, 0.2) is 0 Å². The summed E-state index contributed by atoms with van der Waals surface area (Å²) in [5.41, 5.74) is 0. The second kappa shape index (κ2) is 3.42.